The largest absolute Gasteiger partial charge is 0.609 e. The summed E-state index contributed by atoms with van der Waals surface area (Å²) in [6.07, 6.45) is 6.71. The molecule has 0 spiro atoms. The highest BCUT2D eigenvalue weighted by Gasteiger charge is 2.38. The molecule has 1 aliphatic carbocycles. The number of likely N-dealkylation sites (N-methyl/N-ethyl adjacent to an activating group) is 1. The number of allylic oxidation sites excluding steroid dienone is 2. The van der Waals surface area contributed by atoms with Crippen LogP contribution in [0.3, 0.4) is 0 Å². The van der Waals surface area contributed by atoms with E-state index in [0.29, 0.717) is 0 Å². The predicted molar refractivity (Wildman–Crippen MR) is 61.7 cm³/mol. The molecule has 6 heteroatoms. The van der Waals surface area contributed by atoms with Crippen LogP contribution in [0.4, 0.5) is 0 Å². The monoisotopic (exact) mass is 236 g/mol. The molecule has 1 saturated heterocycles. The van der Waals surface area contributed by atoms with Crippen molar-refractivity contribution in [2.75, 3.05) is 20.1 Å². The third-order valence-corrected chi connectivity index (χ3v) is 2.75. The predicted octanol–water partition coefficient (Wildman–Crippen LogP) is 0.360. The van der Waals surface area contributed by atoms with Gasteiger partial charge in [0.1, 0.15) is 0 Å². The van der Waals surface area contributed by atoms with Crippen molar-refractivity contribution in [3.8, 4) is 0 Å². The van der Waals surface area contributed by atoms with Crippen LogP contribution >= 0.6 is 0 Å². The lowest BCUT2D eigenvalue weighted by Crippen LogP contribution is -2.45. The van der Waals surface area contributed by atoms with Gasteiger partial charge in [0.2, 0.25) is 0 Å². The van der Waals surface area contributed by atoms with Gasteiger partial charge in [0.25, 0.3) is 0 Å². The molecule has 0 unspecified atom stereocenters. The van der Waals surface area contributed by atoms with E-state index in [0.717, 1.165) is 25.1 Å². The molecular formula is C11H15BNO4. The summed E-state index contributed by atoms with van der Waals surface area (Å²) in [6, 6.07) is 0. The third-order valence-electron chi connectivity index (χ3n) is 2.75. The number of carbonyl (C=O) groups excluding carboxylic acids is 2. The Bertz CT molecular complexity index is 324. The summed E-state index contributed by atoms with van der Waals surface area (Å²) >= 11 is 0. The first-order valence-corrected chi connectivity index (χ1v) is 5.75. The van der Waals surface area contributed by atoms with E-state index in [-0.39, 0.29) is 25.0 Å². The highest BCUT2D eigenvalue weighted by Crippen LogP contribution is 2.23. The zero-order valence-electron chi connectivity index (χ0n) is 9.85. The van der Waals surface area contributed by atoms with Gasteiger partial charge >= 0.3 is 19.1 Å². The van der Waals surface area contributed by atoms with Crippen LogP contribution in [-0.4, -0.2) is 44.1 Å². The minimum atomic E-state index is -0.833. The van der Waals surface area contributed by atoms with Crippen molar-refractivity contribution < 1.29 is 18.9 Å². The molecule has 17 heavy (non-hydrogen) atoms. The molecule has 1 radical (unpaired) electrons. The van der Waals surface area contributed by atoms with Gasteiger partial charge in [0, 0.05) is 0 Å². The van der Waals surface area contributed by atoms with E-state index in [1.165, 1.54) is 0 Å². The number of rotatable bonds is 1. The summed E-state index contributed by atoms with van der Waals surface area (Å²) in [4.78, 5) is 24.6. The fourth-order valence-corrected chi connectivity index (χ4v) is 1.92. The lowest BCUT2D eigenvalue weighted by atomic mass is 9.67. The molecule has 1 aliphatic heterocycles. The Kier molecular flexibility index (Phi) is 3.84. The van der Waals surface area contributed by atoms with E-state index >= 15 is 0 Å². The Morgan fingerprint density at radius 1 is 1.24 bits per heavy atom. The maximum atomic E-state index is 11.5. The van der Waals surface area contributed by atoms with Crippen LogP contribution in [0.1, 0.15) is 19.3 Å². The second-order valence-corrected chi connectivity index (χ2v) is 4.35. The summed E-state index contributed by atoms with van der Waals surface area (Å²) in [5.74, 6) is 0.135. The van der Waals surface area contributed by atoms with Crippen LogP contribution in [0.25, 0.3) is 0 Å². The van der Waals surface area contributed by atoms with Crippen LogP contribution < -0.4 is 0 Å². The first-order valence-electron chi connectivity index (χ1n) is 5.75. The fraction of sp³-hybridized carbons (Fsp3) is 0.545. The minimum absolute atomic E-state index is 0.114. The first kappa shape index (κ1) is 12.2. The highest BCUT2D eigenvalue weighted by atomic mass is 16.6. The average molecular weight is 236 g/mol. The lowest BCUT2D eigenvalue weighted by Gasteiger charge is -2.26. The fourth-order valence-electron chi connectivity index (χ4n) is 1.92. The van der Waals surface area contributed by atoms with Crippen molar-refractivity contribution in [2.45, 2.75) is 19.3 Å². The molecule has 0 N–H and O–H groups in total. The number of hydrogen-bond acceptors (Lipinski definition) is 5. The molecule has 0 aromatic rings. The van der Waals surface area contributed by atoms with Crippen molar-refractivity contribution in [3.63, 3.8) is 0 Å². The van der Waals surface area contributed by atoms with E-state index < -0.39 is 7.12 Å². The van der Waals surface area contributed by atoms with Gasteiger partial charge < -0.3 is 9.31 Å². The molecule has 0 bridgehead atoms. The Morgan fingerprint density at radius 2 is 1.88 bits per heavy atom. The van der Waals surface area contributed by atoms with Crippen LogP contribution in [0, 0.1) is 5.82 Å². The Hall–Kier alpha value is -1.30. The van der Waals surface area contributed by atoms with Gasteiger partial charge in [-0.15, -0.1) is 0 Å². The summed E-state index contributed by atoms with van der Waals surface area (Å²) < 4.78 is 10.3. The molecule has 0 saturated carbocycles. The van der Waals surface area contributed by atoms with Crippen LogP contribution in [-0.2, 0) is 18.9 Å². The Labute approximate surface area is 101 Å². The molecule has 0 amide bonds. The number of nitrogens with zero attached hydrogens (tertiary/aromatic N) is 1. The van der Waals surface area contributed by atoms with Gasteiger partial charge in [0.15, 0.2) is 0 Å². The SMILES string of the molecule is CN1CC(=O)OB([C]2C=CCCC2)OC(=O)C1. The van der Waals surface area contributed by atoms with Gasteiger partial charge in [-0.1, -0.05) is 12.2 Å². The molecule has 2 rings (SSSR count). The highest BCUT2D eigenvalue weighted by molar-refractivity contribution is 6.56. The maximum absolute atomic E-state index is 11.5. The van der Waals surface area contributed by atoms with Gasteiger partial charge in [-0.3, -0.25) is 14.5 Å². The van der Waals surface area contributed by atoms with Crippen molar-refractivity contribution in [1.82, 2.24) is 4.90 Å². The Morgan fingerprint density at radius 3 is 2.41 bits per heavy atom. The van der Waals surface area contributed by atoms with E-state index in [1.54, 1.807) is 11.9 Å². The Balaban J connectivity index is 2.04. The van der Waals surface area contributed by atoms with Gasteiger partial charge in [0.05, 0.1) is 18.9 Å². The zero-order chi connectivity index (χ0) is 12.3. The van der Waals surface area contributed by atoms with E-state index in [2.05, 4.69) is 0 Å². The summed E-state index contributed by atoms with van der Waals surface area (Å²) in [6.45, 7) is 0.227. The van der Waals surface area contributed by atoms with Crippen LogP contribution in [0.15, 0.2) is 12.2 Å². The van der Waals surface area contributed by atoms with Gasteiger partial charge in [-0.2, -0.15) is 0 Å². The molecule has 5 nitrogen and oxygen atoms in total. The molecule has 1 fully saturated rings. The van der Waals surface area contributed by atoms with Crippen LogP contribution in [0.5, 0.6) is 0 Å². The topological polar surface area (TPSA) is 55.8 Å². The smallest absolute Gasteiger partial charge is 0.498 e. The summed E-state index contributed by atoms with van der Waals surface area (Å²) in [7, 11) is 0.844. The lowest BCUT2D eigenvalue weighted by molar-refractivity contribution is -0.145. The second-order valence-electron chi connectivity index (χ2n) is 4.35. The first-order chi connectivity index (χ1) is 8.15. The zero-order valence-corrected chi connectivity index (χ0v) is 9.85. The number of carbonyl (C=O) groups is 2. The molecule has 0 aromatic carbocycles. The molecule has 2 aliphatic rings. The molecule has 91 valence electrons. The van der Waals surface area contributed by atoms with Crippen molar-refractivity contribution >= 4 is 19.1 Å². The second kappa shape index (κ2) is 5.36. The van der Waals surface area contributed by atoms with E-state index in [9.17, 15) is 9.59 Å². The van der Waals surface area contributed by atoms with Crippen molar-refractivity contribution in [2.24, 2.45) is 0 Å². The average Bonchev–Trinajstić information content (AvgIpc) is 2.27. The van der Waals surface area contributed by atoms with Crippen molar-refractivity contribution in [3.05, 3.63) is 18.0 Å². The quantitative estimate of drug-likeness (QED) is 0.615. The van der Waals surface area contributed by atoms with Gasteiger partial charge in [-0.25, -0.2) is 0 Å². The maximum Gasteiger partial charge on any atom is 0.609 e. The standard InChI is InChI=1S/C11H15BNO4/c1-13-7-10(14)16-12(17-11(15)8-13)9-5-3-2-4-6-9/h3,5H,2,4,6-8H2,1H3. The van der Waals surface area contributed by atoms with Crippen molar-refractivity contribution in [1.29, 1.82) is 0 Å². The summed E-state index contributed by atoms with van der Waals surface area (Å²) in [5, 5.41) is 0. The van der Waals surface area contributed by atoms with Gasteiger partial charge in [-0.05, 0) is 26.3 Å². The van der Waals surface area contributed by atoms with Crippen LogP contribution in [0.2, 0.25) is 0 Å². The molecule has 0 atom stereocenters. The third kappa shape index (κ3) is 3.33. The van der Waals surface area contributed by atoms with E-state index in [1.807, 2.05) is 12.2 Å². The molecular weight excluding hydrogens is 221 g/mol. The minimum Gasteiger partial charge on any atom is -0.498 e. The van der Waals surface area contributed by atoms with E-state index in [4.69, 9.17) is 9.31 Å². The normalized spacial score (nSPS) is 23.9. The molecule has 1 heterocycles. The molecule has 0 aromatic heterocycles. The number of hydrogen-bond donors (Lipinski definition) is 0. The summed E-state index contributed by atoms with van der Waals surface area (Å²) in [5.41, 5.74) is 0.